The lowest BCUT2D eigenvalue weighted by Gasteiger charge is -2.28. The minimum Gasteiger partial charge on any atom is -0.375 e. The molecule has 0 spiro atoms. The minimum atomic E-state index is 0.430. The topological polar surface area (TPSA) is 21.8 Å². The maximum Gasteiger partial charge on any atom is 0.104 e. The summed E-state index contributed by atoms with van der Waals surface area (Å²) in [4.78, 5) is 0. The van der Waals surface area contributed by atoms with Crippen molar-refractivity contribution < 1.29 is 9.47 Å². The Kier molecular flexibility index (Phi) is 2.66. The fraction of sp³-hybridized carbons (Fsp3) is 1.00. The predicted octanol–water partition coefficient (Wildman–Crippen LogP) is 1.98. The number of epoxide rings is 1. The van der Waals surface area contributed by atoms with E-state index in [1.54, 1.807) is 0 Å². The zero-order valence-electron chi connectivity index (χ0n) is 7.79. The van der Waals surface area contributed by atoms with E-state index in [2.05, 4.69) is 6.92 Å². The first-order valence-corrected chi connectivity index (χ1v) is 5.09. The normalized spacial score (nSPS) is 41.2. The molecular weight excluding hydrogens is 152 g/mol. The van der Waals surface area contributed by atoms with Gasteiger partial charge in [0.1, 0.15) is 6.10 Å². The van der Waals surface area contributed by atoms with Crippen molar-refractivity contribution in [1.82, 2.24) is 0 Å². The van der Waals surface area contributed by atoms with E-state index in [4.69, 9.17) is 9.47 Å². The van der Waals surface area contributed by atoms with Crippen molar-refractivity contribution in [1.29, 1.82) is 0 Å². The lowest BCUT2D eigenvalue weighted by Crippen LogP contribution is -2.26. The molecule has 3 atom stereocenters. The van der Waals surface area contributed by atoms with E-state index in [0.717, 1.165) is 19.1 Å². The van der Waals surface area contributed by atoms with Crippen molar-refractivity contribution in [3.8, 4) is 0 Å². The van der Waals surface area contributed by atoms with Crippen LogP contribution in [0.3, 0.4) is 0 Å². The zero-order valence-corrected chi connectivity index (χ0v) is 7.79. The Morgan fingerprint density at radius 1 is 1.33 bits per heavy atom. The van der Waals surface area contributed by atoms with Crippen LogP contribution in [-0.4, -0.2) is 25.4 Å². The van der Waals surface area contributed by atoms with Crippen molar-refractivity contribution >= 4 is 0 Å². The van der Waals surface area contributed by atoms with Crippen molar-refractivity contribution in [3.63, 3.8) is 0 Å². The second-order valence-corrected chi connectivity index (χ2v) is 4.09. The fourth-order valence-electron chi connectivity index (χ4n) is 1.93. The third-order valence-electron chi connectivity index (χ3n) is 2.93. The van der Waals surface area contributed by atoms with Gasteiger partial charge in [-0.1, -0.05) is 19.8 Å². The third-order valence-corrected chi connectivity index (χ3v) is 2.93. The van der Waals surface area contributed by atoms with Crippen LogP contribution in [0, 0.1) is 5.92 Å². The first-order valence-electron chi connectivity index (χ1n) is 5.09. The number of hydrogen-bond acceptors (Lipinski definition) is 2. The van der Waals surface area contributed by atoms with Gasteiger partial charge in [0.15, 0.2) is 0 Å². The molecule has 2 aliphatic rings. The molecule has 1 saturated heterocycles. The highest BCUT2D eigenvalue weighted by molar-refractivity contribution is 4.75. The van der Waals surface area contributed by atoms with E-state index in [1.807, 2.05) is 0 Å². The van der Waals surface area contributed by atoms with Gasteiger partial charge in [-0.15, -0.1) is 0 Å². The Morgan fingerprint density at radius 2 is 2.08 bits per heavy atom. The maximum absolute atomic E-state index is 5.79. The van der Waals surface area contributed by atoms with Gasteiger partial charge in [0.25, 0.3) is 0 Å². The summed E-state index contributed by atoms with van der Waals surface area (Å²) in [5.74, 6) is 0.762. The van der Waals surface area contributed by atoms with Gasteiger partial charge in [-0.3, -0.25) is 0 Å². The van der Waals surface area contributed by atoms with Crippen LogP contribution in [0.2, 0.25) is 0 Å². The zero-order chi connectivity index (χ0) is 8.39. The quantitative estimate of drug-likeness (QED) is 0.604. The van der Waals surface area contributed by atoms with Gasteiger partial charge in [-0.2, -0.15) is 0 Å². The van der Waals surface area contributed by atoms with E-state index < -0.39 is 0 Å². The van der Waals surface area contributed by atoms with Crippen LogP contribution in [0.4, 0.5) is 0 Å². The van der Waals surface area contributed by atoms with E-state index >= 15 is 0 Å². The Hall–Kier alpha value is -0.0800. The summed E-state index contributed by atoms with van der Waals surface area (Å²) in [7, 11) is 0. The summed E-state index contributed by atoms with van der Waals surface area (Å²) in [6.07, 6.45) is 6.29. The molecule has 0 amide bonds. The van der Waals surface area contributed by atoms with Crippen molar-refractivity contribution in [2.45, 2.75) is 44.8 Å². The predicted molar refractivity (Wildman–Crippen MR) is 47.1 cm³/mol. The summed E-state index contributed by atoms with van der Waals surface area (Å²) in [5, 5.41) is 0. The molecule has 12 heavy (non-hydrogen) atoms. The van der Waals surface area contributed by atoms with Gasteiger partial charge >= 0.3 is 0 Å². The molecule has 2 heteroatoms. The summed E-state index contributed by atoms with van der Waals surface area (Å²) < 4.78 is 10.9. The molecular formula is C10H18O2. The number of ether oxygens (including phenoxy) is 2. The molecule has 1 heterocycles. The Morgan fingerprint density at radius 3 is 2.75 bits per heavy atom. The first kappa shape index (κ1) is 8.52. The van der Waals surface area contributed by atoms with Crippen LogP contribution in [0.5, 0.6) is 0 Å². The van der Waals surface area contributed by atoms with Gasteiger partial charge in [0.2, 0.25) is 0 Å². The highest BCUT2D eigenvalue weighted by Gasteiger charge is 2.27. The first-order chi connectivity index (χ1) is 5.86. The molecule has 2 rings (SSSR count). The molecule has 1 aliphatic heterocycles. The largest absolute Gasteiger partial charge is 0.375 e. The monoisotopic (exact) mass is 170 g/mol. The van der Waals surface area contributed by atoms with Gasteiger partial charge in [0.05, 0.1) is 19.3 Å². The Labute approximate surface area is 74.2 Å². The minimum absolute atomic E-state index is 0.430. The van der Waals surface area contributed by atoms with Crippen molar-refractivity contribution in [2.75, 3.05) is 13.2 Å². The fourth-order valence-corrected chi connectivity index (χ4v) is 1.93. The summed E-state index contributed by atoms with van der Waals surface area (Å²) in [6.45, 7) is 4.05. The molecule has 0 aromatic carbocycles. The summed E-state index contributed by atoms with van der Waals surface area (Å²) >= 11 is 0. The lowest BCUT2D eigenvalue weighted by molar-refractivity contribution is -0.0114. The van der Waals surface area contributed by atoms with Gasteiger partial charge < -0.3 is 9.47 Å². The van der Waals surface area contributed by atoms with Crippen LogP contribution >= 0.6 is 0 Å². The van der Waals surface area contributed by atoms with Crippen LogP contribution in [0.25, 0.3) is 0 Å². The molecule has 70 valence electrons. The molecule has 0 N–H and O–H groups in total. The van der Waals surface area contributed by atoms with E-state index in [-0.39, 0.29) is 0 Å². The smallest absolute Gasteiger partial charge is 0.104 e. The van der Waals surface area contributed by atoms with Crippen LogP contribution in [0.1, 0.15) is 32.6 Å². The average Bonchev–Trinajstić information content (AvgIpc) is 2.86. The molecule has 0 aromatic heterocycles. The Balaban J connectivity index is 1.68. The summed E-state index contributed by atoms with van der Waals surface area (Å²) in [6, 6.07) is 0. The second-order valence-electron chi connectivity index (χ2n) is 4.09. The van der Waals surface area contributed by atoms with Crippen LogP contribution < -0.4 is 0 Å². The number of hydrogen-bond donors (Lipinski definition) is 0. The van der Waals surface area contributed by atoms with Crippen LogP contribution in [-0.2, 0) is 9.47 Å². The molecule has 0 aromatic rings. The third kappa shape index (κ3) is 2.20. The number of rotatable bonds is 3. The molecule has 1 aliphatic carbocycles. The molecule has 1 saturated carbocycles. The van der Waals surface area contributed by atoms with Gasteiger partial charge in [-0.25, -0.2) is 0 Å². The summed E-state index contributed by atoms with van der Waals surface area (Å²) in [5.41, 5.74) is 0. The molecule has 0 bridgehead atoms. The van der Waals surface area contributed by atoms with Crippen LogP contribution in [0.15, 0.2) is 0 Å². The van der Waals surface area contributed by atoms with E-state index in [1.165, 1.54) is 25.7 Å². The van der Waals surface area contributed by atoms with Crippen molar-refractivity contribution in [3.05, 3.63) is 0 Å². The van der Waals surface area contributed by atoms with E-state index in [9.17, 15) is 0 Å². The standard InChI is InChI=1S/C10H18O2/c1-8-4-2-3-5-10(8)12-7-9-6-11-9/h8-10H,2-7H2,1H3/t8?,9-,10?/m0/s1. The Bertz CT molecular complexity index is 143. The highest BCUT2D eigenvalue weighted by atomic mass is 16.6. The van der Waals surface area contributed by atoms with Gasteiger partial charge in [-0.05, 0) is 18.8 Å². The molecule has 2 fully saturated rings. The highest BCUT2D eigenvalue weighted by Crippen LogP contribution is 2.27. The van der Waals surface area contributed by atoms with E-state index in [0.29, 0.717) is 12.2 Å². The lowest BCUT2D eigenvalue weighted by atomic mass is 9.88. The average molecular weight is 170 g/mol. The van der Waals surface area contributed by atoms with Crippen molar-refractivity contribution in [2.24, 2.45) is 5.92 Å². The molecule has 2 unspecified atom stereocenters. The second kappa shape index (κ2) is 3.75. The van der Waals surface area contributed by atoms with Gasteiger partial charge in [0, 0.05) is 0 Å². The maximum atomic E-state index is 5.79. The SMILES string of the molecule is CC1CCCCC1OC[C@@H]1CO1. The molecule has 2 nitrogen and oxygen atoms in total. The molecule has 0 radical (unpaired) electrons.